The van der Waals surface area contributed by atoms with Crippen molar-refractivity contribution in [1.82, 2.24) is 5.32 Å². The zero-order valence-corrected chi connectivity index (χ0v) is 30.6. The van der Waals surface area contributed by atoms with Crippen molar-refractivity contribution in [3.63, 3.8) is 0 Å². The van der Waals surface area contributed by atoms with Crippen LogP contribution >= 0.6 is 0 Å². The molecule has 0 radical (unpaired) electrons. The number of hydrogen-bond acceptors (Lipinski definition) is 2. The Hall–Kier alpha value is -6.45. The molecule has 9 rings (SSSR count). The standard InChI is InChI=1S/C51H42N2O/c1-34(36-15-6-3-7-16-36)52-51(53-35(2)37-17-8-4-9-18-37)42-31-27-39(28-32-42)38-25-29-41(30-26-38)43-23-14-24-48-49(43)47-33-46(40-19-10-5-11-20-40)44-21-12-13-22-45(44)50(47)54-48/h3-35,48-49H,1-2H3,(H,52,53)/t34-,35?,48?,49?/m1/s1. The van der Waals surface area contributed by atoms with Crippen LogP contribution in [-0.4, -0.2) is 11.9 Å². The molecule has 1 aliphatic heterocycles. The highest BCUT2D eigenvalue weighted by atomic mass is 16.5. The Morgan fingerprint density at radius 3 is 1.85 bits per heavy atom. The number of ether oxygens (including phenoxy) is 1. The van der Waals surface area contributed by atoms with E-state index in [1.807, 2.05) is 6.07 Å². The van der Waals surface area contributed by atoms with E-state index in [0.29, 0.717) is 0 Å². The minimum absolute atomic E-state index is 0.00769. The van der Waals surface area contributed by atoms with Crippen molar-refractivity contribution < 1.29 is 4.74 Å². The van der Waals surface area contributed by atoms with Crippen molar-refractivity contribution in [1.29, 1.82) is 0 Å². The smallest absolute Gasteiger partial charge is 0.132 e. The number of amidine groups is 1. The highest BCUT2D eigenvalue weighted by Gasteiger charge is 2.38. The summed E-state index contributed by atoms with van der Waals surface area (Å²) in [4.78, 5) is 5.21. The van der Waals surface area contributed by atoms with Crippen LogP contribution in [0, 0.1) is 0 Å². The summed E-state index contributed by atoms with van der Waals surface area (Å²) in [5.74, 6) is 2.01. The highest BCUT2D eigenvalue weighted by molar-refractivity contribution is 6.03. The van der Waals surface area contributed by atoms with Gasteiger partial charge in [-0.2, -0.15) is 0 Å². The van der Waals surface area contributed by atoms with Crippen LogP contribution in [0.25, 0.3) is 38.6 Å². The Bertz CT molecular complexity index is 2500. The van der Waals surface area contributed by atoms with Gasteiger partial charge in [-0.3, -0.25) is 4.99 Å². The van der Waals surface area contributed by atoms with Gasteiger partial charge in [-0.05, 0) is 75.9 Å². The molecule has 1 N–H and O–H groups in total. The average Bonchev–Trinajstić information content (AvgIpc) is 3.63. The van der Waals surface area contributed by atoms with E-state index >= 15 is 0 Å². The monoisotopic (exact) mass is 698 g/mol. The number of aliphatic imine (C=N–C) groups is 1. The lowest BCUT2D eigenvalue weighted by Gasteiger charge is -2.23. The van der Waals surface area contributed by atoms with Gasteiger partial charge >= 0.3 is 0 Å². The second-order valence-electron chi connectivity index (χ2n) is 14.3. The van der Waals surface area contributed by atoms with Crippen molar-refractivity contribution >= 4 is 22.2 Å². The maximum Gasteiger partial charge on any atom is 0.132 e. The third kappa shape index (κ3) is 6.43. The first-order valence-corrected chi connectivity index (χ1v) is 18.9. The molecule has 2 aliphatic rings. The molecular formula is C51H42N2O. The largest absolute Gasteiger partial charge is 0.484 e. The van der Waals surface area contributed by atoms with E-state index in [1.165, 1.54) is 60.9 Å². The predicted octanol–water partition coefficient (Wildman–Crippen LogP) is 12.5. The Morgan fingerprint density at radius 1 is 0.593 bits per heavy atom. The molecule has 4 atom stereocenters. The van der Waals surface area contributed by atoms with Crippen LogP contribution < -0.4 is 10.1 Å². The van der Waals surface area contributed by atoms with Crippen LogP contribution in [0.4, 0.5) is 0 Å². The van der Waals surface area contributed by atoms with E-state index in [0.717, 1.165) is 17.1 Å². The van der Waals surface area contributed by atoms with Crippen LogP contribution in [0.5, 0.6) is 5.75 Å². The number of benzene rings is 7. The molecule has 0 fully saturated rings. The van der Waals surface area contributed by atoms with Crippen LogP contribution in [0.15, 0.2) is 193 Å². The van der Waals surface area contributed by atoms with E-state index in [9.17, 15) is 0 Å². The number of nitrogens with zero attached hydrogens (tertiary/aromatic N) is 1. The normalized spacial score (nSPS) is 17.2. The van der Waals surface area contributed by atoms with Gasteiger partial charge in [0, 0.05) is 22.6 Å². The molecule has 0 amide bonds. The zero-order chi connectivity index (χ0) is 36.4. The Balaban J connectivity index is 1.00. The maximum absolute atomic E-state index is 6.75. The minimum Gasteiger partial charge on any atom is -0.484 e. The summed E-state index contributed by atoms with van der Waals surface area (Å²) in [6.45, 7) is 4.34. The molecule has 54 heavy (non-hydrogen) atoms. The number of fused-ring (bicyclic) bond motifs is 5. The fourth-order valence-electron chi connectivity index (χ4n) is 8.01. The quantitative estimate of drug-likeness (QED) is 0.127. The van der Waals surface area contributed by atoms with Gasteiger partial charge in [0.05, 0.1) is 12.0 Å². The van der Waals surface area contributed by atoms with Gasteiger partial charge < -0.3 is 10.1 Å². The SMILES string of the molecule is CC(N/C(=N\[C@H](C)c1ccccc1)c1ccc(-c2ccc(C3=CC=CC4Oc5c(cc(-c6ccccc6)c6ccccc56)C34)cc2)cc1)c1ccccc1. The molecular weight excluding hydrogens is 657 g/mol. The summed E-state index contributed by atoms with van der Waals surface area (Å²) in [6, 6.07) is 60.6. The lowest BCUT2D eigenvalue weighted by Crippen LogP contribution is -2.28. The predicted molar refractivity (Wildman–Crippen MR) is 225 cm³/mol. The molecule has 0 aromatic heterocycles. The fourth-order valence-corrected chi connectivity index (χ4v) is 8.01. The van der Waals surface area contributed by atoms with Crippen LogP contribution in [0.2, 0.25) is 0 Å². The summed E-state index contributed by atoms with van der Waals surface area (Å²) in [6.07, 6.45) is 6.58. The summed E-state index contributed by atoms with van der Waals surface area (Å²) >= 11 is 0. The van der Waals surface area contributed by atoms with Crippen LogP contribution in [0.3, 0.4) is 0 Å². The topological polar surface area (TPSA) is 33.6 Å². The van der Waals surface area contributed by atoms with Gasteiger partial charge in [0.25, 0.3) is 0 Å². The molecule has 3 heteroatoms. The van der Waals surface area contributed by atoms with Gasteiger partial charge in [0.15, 0.2) is 0 Å². The second kappa shape index (κ2) is 14.5. The van der Waals surface area contributed by atoms with Crippen LogP contribution in [-0.2, 0) is 0 Å². The molecule has 0 saturated heterocycles. The van der Waals surface area contributed by atoms with Crippen molar-refractivity contribution in [2.24, 2.45) is 4.99 Å². The molecule has 1 aliphatic carbocycles. The van der Waals surface area contributed by atoms with Crippen molar-refractivity contribution in [3.05, 3.63) is 216 Å². The Labute approximate surface area is 318 Å². The van der Waals surface area contributed by atoms with Gasteiger partial charge in [0.1, 0.15) is 17.7 Å². The number of hydrogen-bond donors (Lipinski definition) is 1. The Morgan fingerprint density at radius 2 is 1.17 bits per heavy atom. The van der Waals surface area contributed by atoms with E-state index < -0.39 is 0 Å². The maximum atomic E-state index is 6.75. The molecule has 0 saturated carbocycles. The van der Waals surface area contributed by atoms with Crippen molar-refractivity contribution in [3.8, 4) is 28.0 Å². The molecule has 0 bridgehead atoms. The molecule has 3 nitrogen and oxygen atoms in total. The van der Waals surface area contributed by atoms with E-state index in [1.54, 1.807) is 0 Å². The number of nitrogens with one attached hydrogen (secondary N) is 1. The average molecular weight is 699 g/mol. The Kier molecular flexibility index (Phi) is 8.98. The van der Waals surface area contributed by atoms with Crippen molar-refractivity contribution in [2.45, 2.75) is 38.0 Å². The minimum atomic E-state index is -0.0414. The second-order valence-corrected chi connectivity index (χ2v) is 14.3. The highest BCUT2D eigenvalue weighted by Crippen LogP contribution is 2.52. The van der Waals surface area contributed by atoms with Crippen molar-refractivity contribution in [2.75, 3.05) is 0 Å². The van der Waals surface area contributed by atoms with Crippen LogP contribution in [0.1, 0.15) is 59.7 Å². The summed E-state index contributed by atoms with van der Waals surface area (Å²) in [7, 11) is 0. The molecule has 3 unspecified atom stereocenters. The lowest BCUT2D eigenvalue weighted by atomic mass is 9.79. The van der Waals surface area contributed by atoms with E-state index in [-0.39, 0.29) is 24.1 Å². The summed E-state index contributed by atoms with van der Waals surface area (Å²) in [5.41, 5.74) is 12.0. The third-order valence-electron chi connectivity index (χ3n) is 10.9. The first-order valence-electron chi connectivity index (χ1n) is 18.9. The molecule has 7 aromatic rings. The molecule has 7 aromatic carbocycles. The molecule has 262 valence electrons. The van der Waals surface area contributed by atoms with Gasteiger partial charge in [0.2, 0.25) is 0 Å². The van der Waals surface area contributed by atoms with E-state index in [4.69, 9.17) is 9.73 Å². The third-order valence-corrected chi connectivity index (χ3v) is 10.9. The first kappa shape index (κ1) is 33.4. The lowest BCUT2D eigenvalue weighted by molar-refractivity contribution is 0.274. The van der Waals surface area contributed by atoms with Gasteiger partial charge in [-0.1, -0.05) is 176 Å². The number of allylic oxidation sites excluding steroid dienone is 2. The fraction of sp³-hybridized carbons (Fsp3) is 0.118. The van der Waals surface area contributed by atoms with Gasteiger partial charge in [-0.25, -0.2) is 0 Å². The molecule has 1 heterocycles. The number of rotatable bonds is 8. The zero-order valence-electron chi connectivity index (χ0n) is 30.6. The summed E-state index contributed by atoms with van der Waals surface area (Å²) < 4.78 is 6.75. The first-order chi connectivity index (χ1) is 26.6. The van der Waals surface area contributed by atoms with E-state index in [2.05, 4.69) is 201 Å². The van der Waals surface area contributed by atoms with Gasteiger partial charge in [-0.15, -0.1) is 0 Å². The molecule has 0 spiro atoms. The summed E-state index contributed by atoms with van der Waals surface area (Å²) in [5, 5.41) is 6.12.